The highest BCUT2D eigenvalue weighted by molar-refractivity contribution is 8.06. The Hall–Kier alpha value is 0.150. The van der Waals surface area contributed by atoms with Crippen LogP contribution < -0.4 is 0 Å². The first kappa shape index (κ1) is 13.1. The predicted octanol–water partition coefficient (Wildman–Crippen LogP) is 2.17. The highest BCUT2D eigenvalue weighted by Gasteiger charge is 2.34. The molecule has 4 nitrogen and oxygen atoms in total. The van der Waals surface area contributed by atoms with E-state index < -0.39 is 0 Å². The maximum absolute atomic E-state index is 9.86. The number of hydrogen-bond acceptors (Lipinski definition) is 7. The smallest absolute Gasteiger partial charge is 0.233 e. The summed E-state index contributed by atoms with van der Waals surface area (Å²) >= 11 is 5.62. The average molecular weight is 304 g/mol. The fraction of sp³-hybridized carbons (Fsp3) is 0.818. The van der Waals surface area contributed by atoms with E-state index in [2.05, 4.69) is 17.1 Å². The molecule has 18 heavy (non-hydrogen) atoms. The fourth-order valence-corrected chi connectivity index (χ4v) is 6.12. The van der Waals surface area contributed by atoms with E-state index in [0.717, 1.165) is 23.1 Å². The van der Waals surface area contributed by atoms with Crippen LogP contribution in [-0.2, 0) is 0 Å². The summed E-state index contributed by atoms with van der Waals surface area (Å²) in [7, 11) is 0. The van der Waals surface area contributed by atoms with Crippen molar-refractivity contribution in [3.63, 3.8) is 0 Å². The molecule has 0 radical (unpaired) electrons. The number of aromatic nitrogens is 2. The van der Waals surface area contributed by atoms with E-state index in [9.17, 15) is 5.11 Å². The van der Waals surface area contributed by atoms with Gasteiger partial charge in [0.15, 0.2) is 5.82 Å². The zero-order valence-corrected chi connectivity index (χ0v) is 12.6. The Morgan fingerprint density at radius 2 is 2.11 bits per heavy atom. The van der Waals surface area contributed by atoms with E-state index in [-0.39, 0.29) is 12.0 Å². The molecule has 1 N–H and O–H groups in total. The molecule has 2 fully saturated rings. The highest BCUT2D eigenvalue weighted by Crippen LogP contribution is 2.42. The number of aliphatic hydroxyl groups excluding tert-OH is 1. The molecule has 3 heterocycles. The Bertz CT molecular complexity index is 415. The summed E-state index contributed by atoms with van der Waals surface area (Å²) in [5.41, 5.74) is 0. The molecular weight excluding hydrogens is 288 g/mol. The number of rotatable bonds is 2. The summed E-state index contributed by atoms with van der Waals surface area (Å²) in [4.78, 5) is 4.53. The van der Waals surface area contributed by atoms with E-state index in [4.69, 9.17) is 4.52 Å². The van der Waals surface area contributed by atoms with Gasteiger partial charge in [0.05, 0.1) is 17.3 Å². The van der Waals surface area contributed by atoms with Gasteiger partial charge in [0.2, 0.25) is 5.89 Å². The summed E-state index contributed by atoms with van der Waals surface area (Å²) < 4.78 is 5.36. The molecule has 0 aliphatic carbocycles. The van der Waals surface area contributed by atoms with Gasteiger partial charge in [-0.05, 0) is 0 Å². The minimum absolute atomic E-state index is 0.0211. The molecule has 0 bridgehead atoms. The molecule has 0 spiro atoms. The Morgan fingerprint density at radius 1 is 1.28 bits per heavy atom. The summed E-state index contributed by atoms with van der Waals surface area (Å²) in [6, 6.07) is 0. The molecular formula is C11H16N2O2S3. The lowest BCUT2D eigenvalue weighted by molar-refractivity contribution is 0.164. The second-order valence-corrected chi connectivity index (χ2v) is 8.38. The Balaban J connectivity index is 1.76. The van der Waals surface area contributed by atoms with Gasteiger partial charge in [-0.2, -0.15) is 28.5 Å². The van der Waals surface area contributed by atoms with Crippen LogP contribution in [0, 0.1) is 0 Å². The second-order valence-electron chi connectivity index (χ2n) is 4.57. The molecule has 1 aromatic rings. The summed E-state index contributed by atoms with van der Waals surface area (Å²) in [6.07, 6.45) is -0.339. The largest absolute Gasteiger partial charge is 0.391 e. The topological polar surface area (TPSA) is 59.2 Å². The fourth-order valence-electron chi connectivity index (χ4n) is 2.21. The van der Waals surface area contributed by atoms with Gasteiger partial charge in [-0.3, -0.25) is 0 Å². The van der Waals surface area contributed by atoms with Crippen LogP contribution in [0.3, 0.4) is 0 Å². The first-order valence-electron chi connectivity index (χ1n) is 6.08. The third-order valence-corrected chi connectivity index (χ3v) is 7.53. The molecule has 0 saturated carbocycles. The SMILES string of the molecule is CC1SCCSC1c1noc(C2CSCC2O)n1. The average Bonchev–Trinajstić information content (AvgIpc) is 2.98. The number of aliphatic hydroxyl groups is 1. The van der Waals surface area contributed by atoms with Crippen molar-refractivity contribution < 1.29 is 9.63 Å². The molecule has 4 atom stereocenters. The van der Waals surface area contributed by atoms with Crippen LogP contribution in [0.5, 0.6) is 0 Å². The van der Waals surface area contributed by atoms with E-state index in [0.29, 0.717) is 16.4 Å². The van der Waals surface area contributed by atoms with Gasteiger partial charge in [0, 0.05) is 28.3 Å². The Morgan fingerprint density at radius 3 is 2.83 bits per heavy atom. The van der Waals surface area contributed by atoms with Crippen molar-refractivity contribution >= 4 is 35.3 Å². The van der Waals surface area contributed by atoms with Gasteiger partial charge in [-0.15, -0.1) is 11.8 Å². The van der Waals surface area contributed by atoms with Crippen LogP contribution in [0.15, 0.2) is 4.52 Å². The number of hydrogen-bond donors (Lipinski definition) is 1. The molecule has 1 aromatic heterocycles. The molecule has 4 unspecified atom stereocenters. The molecule has 2 saturated heterocycles. The minimum atomic E-state index is -0.339. The van der Waals surface area contributed by atoms with Gasteiger partial charge in [-0.1, -0.05) is 12.1 Å². The molecule has 0 aromatic carbocycles. The van der Waals surface area contributed by atoms with Gasteiger partial charge < -0.3 is 9.63 Å². The first-order valence-corrected chi connectivity index (χ1v) is 9.33. The van der Waals surface area contributed by atoms with Crippen molar-refractivity contribution in [1.29, 1.82) is 0 Å². The normalized spacial score (nSPS) is 37.0. The minimum Gasteiger partial charge on any atom is -0.391 e. The monoisotopic (exact) mass is 304 g/mol. The summed E-state index contributed by atoms with van der Waals surface area (Å²) in [5.74, 6) is 5.44. The van der Waals surface area contributed by atoms with Crippen LogP contribution >= 0.6 is 35.3 Å². The van der Waals surface area contributed by atoms with Crippen molar-refractivity contribution in [3.05, 3.63) is 11.7 Å². The van der Waals surface area contributed by atoms with E-state index in [1.165, 1.54) is 5.75 Å². The standard InChI is InChI=1S/C11H16N2O2S3/c1-6-9(18-3-2-17-6)10-12-11(15-13-10)7-4-16-5-8(7)14/h6-9,14H,2-5H2,1H3. The zero-order valence-electron chi connectivity index (χ0n) is 10.1. The summed E-state index contributed by atoms with van der Waals surface area (Å²) in [6.45, 7) is 2.22. The van der Waals surface area contributed by atoms with E-state index >= 15 is 0 Å². The van der Waals surface area contributed by atoms with Crippen LogP contribution in [0.4, 0.5) is 0 Å². The lowest BCUT2D eigenvalue weighted by atomic mass is 10.1. The van der Waals surface area contributed by atoms with Crippen molar-refractivity contribution in [2.45, 2.75) is 29.4 Å². The van der Waals surface area contributed by atoms with Gasteiger partial charge >= 0.3 is 0 Å². The third-order valence-electron chi connectivity index (χ3n) is 3.27. The van der Waals surface area contributed by atoms with Crippen molar-refractivity contribution in [2.24, 2.45) is 0 Å². The lowest BCUT2D eigenvalue weighted by Gasteiger charge is -2.24. The molecule has 100 valence electrons. The maximum Gasteiger partial charge on any atom is 0.233 e. The van der Waals surface area contributed by atoms with Gasteiger partial charge in [0.25, 0.3) is 0 Å². The molecule has 0 amide bonds. The Kier molecular flexibility index (Phi) is 4.12. The molecule has 3 rings (SSSR count). The van der Waals surface area contributed by atoms with Crippen molar-refractivity contribution in [3.8, 4) is 0 Å². The van der Waals surface area contributed by atoms with Crippen molar-refractivity contribution in [1.82, 2.24) is 10.1 Å². The lowest BCUT2D eigenvalue weighted by Crippen LogP contribution is -2.18. The van der Waals surface area contributed by atoms with Crippen LogP contribution in [0.25, 0.3) is 0 Å². The maximum atomic E-state index is 9.86. The van der Waals surface area contributed by atoms with Crippen LogP contribution in [0.2, 0.25) is 0 Å². The van der Waals surface area contributed by atoms with Crippen molar-refractivity contribution in [2.75, 3.05) is 23.0 Å². The molecule has 2 aliphatic rings. The summed E-state index contributed by atoms with van der Waals surface area (Å²) in [5, 5.41) is 14.8. The highest BCUT2D eigenvalue weighted by atomic mass is 32.2. The van der Waals surface area contributed by atoms with Gasteiger partial charge in [0.1, 0.15) is 0 Å². The second kappa shape index (κ2) is 5.64. The predicted molar refractivity (Wildman–Crippen MR) is 77.5 cm³/mol. The van der Waals surface area contributed by atoms with Crippen LogP contribution in [0.1, 0.15) is 29.8 Å². The van der Waals surface area contributed by atoms with E-state index in [1.807, 2.05) is 23.5 Å². The molecule has 2 aliphatic heterocycles. The Labute approximate surface area is 119 Å². The number of thioether (sulfide) groups is 3. The van der Waals surface area contributed by atoms with E-state index in [1.54, 1.807) is 11.8 Å². The zero-order chi connectivity index (χ0) is 12.5. The third kappa shape index (κ3) is 2.55. The number of nitrogens with zero attached hydrogens (tertiary/aromatic N) is 2. The first-order chi connectivity index (χ1) is 8.75. The van der Waals surface area contributed by atoms with Crippen LogP contribution in [-0.4, -0.2) is 49.6 Å². The quantitative estimate of drug-likeness (QED) is 0.898. The van der Waals surface area contributed by atoms with Gasteiger partial charge in [-0.25, -0.2) is 0 Å². The molecule has 7 heteroatoms.